The molecule has 8 aromatic rings. The predicted octanol–water partition coefficient (Wildman–Crippen LogP) is 7.71. The molecule has 594 valence electrons. The average molecular weight is 1520 g/mol. The molecular formula is C77H106N12O20. The van der Waals surface area contributed by atoms with Gasteiger partial charge >= 0.3 is 35.8 Å². The van der Waals surface area contributed by atoms with Crippen molar-refractivity contribution < 1.29 is 97.3 Å². The van der Waals surface area contributed by atoms with Crippen molar-refractivity contribution in [2.24, 2.45) is 34.5 Å². The lowest BCUT2D eigenvalue weighted by Crippen LogP contribution is -2.38. The molecule has 4 aliphatic rings. The topological polar surface area (TPSA) is 464 Å². The molecule has 109 heavy (non-hydrogen) atoms. The van der Waals surface area contributed by atoms with Gasteiger partial charge in [0.1, 0.15) is 37.5 Å². The first kappa shape index (κ1) is 84.0. The summed E-state index contributed by atoms with van der Waals surface area (Å²) in [7, 11) is 0. The van der Waals surface area contributed by atoms with Crippen LogP contribution in [0.25, 0.3) is 44.1 Å². The number of aryl methyl sites for hydroxylation is 4. The summed E-state index contributed by atoms with van der Waals surface area (Å²) in [6.07, 6.45) is 8.70. The minimum atomic E-state index is -0.927. The monoisotopic (exact) mass is 1520 g/mol. The number of H-pyrrole nitrogens is 4. The number of nitrogens with one attached hydrogen (secondary N) is 4. The highest BCUT2D eigenvalue weighted by molar-refractivity contribution is 5.84. The van der Waals surface area contributed by atoms with Crippen LogP contribution < -0.4 is 0 Å². The Balaban J connectivity index is 0.000000168. The van der Waals surface area contributed by atoms with Gasteiger partial charge in [0.25, 0.3) is 0 Å². The molecule has 0 spiro atoms. The molecule has 8 aromatic heterocycles. The van der Waals surface area contributed by atoms with Crippen molar-refractivity contribution in [3.05, 3.63) is 95.1 Å². The maximum absolute atomic E-state index is 12.2. The molecule has 0 aliphatic heterocycles. The number of hydrogen-bond acceptors (Lipinski definition) is 28. The van der Waals surface area contributed by atoms with Crippen molar-refractivity contribution in [1.29, 1.82) is 0 Å². The van der Waals surface area contributed by atoms with Gasteiger partial charge in [0.05, 0.1) is 141 Å². The number of carbonyl (C=O) groups excluding carboxylic acids is 6. The lowest BCUT2D eigenvalue weighted by molar-refractivity contribution is -0.187. The Kier molecular flexibility index (Phi) is 28.3. The standard InChI is InChI=1S/C22H29N3O6.C20H29N3O5.C19H27N3O5.C16H21N3O4/c1-5-16(26)29-10-13-8-14(15-9-23-19-12(4)24-11-25-20(15)19)22(31-18(28)7-3)21(13)30-17(27)6-2;1-10-15-16(23-9-22-10)14(7-21-15)13-6-12(17(24)18(13)25)8-27-11(2)28-19(26)20(3,4)5;1-10-14-15(22-8-21-10)13(6-20-14)12-5-11(16(23)17(12)24)7-26-9-27-18(25)19(2,3)4;1-3-12(20)23-6-9-4-10(16(22)15(9)21)11-5-17-13-8(2)18-7-19-14(11)13/h9,11,13-14,21-23H,5-8,10H2,1-4H3;7,9,11-13,17-18,21,24-25H,6,8H2,1-5H3;6,8,11-12,16-17,20,23-24H,5,7,9H2,1-4H3;5,7,9-10,15-17,21-22H,3-4,6H2,1-2H3/t13-,14+,21-,22+;11?,12-,13+,17-,18+;11-,12+,16-,17+;9-,10+,15-,16+/m1111/s1. The quantitative estimate of drug-likeness (QED) is 0.0134. The molecule has 32 nitrogen and oxygen atoms in total. The maximum atomic E-state index is 12.2. The summed E-state index contributed by atoms with van der Waals surface area (Å²) >= 11 is 0. The molecule has 12 rings (SSSR count). The van der Waals surface area contributed by atoms with E-state index in [9.17, 15) is 59.4 Å². The van der Waals surface area contributed by atoms with Gasteiger partial charge in [0.15, 0.2) is 13.1 Å². The molecule has 32 heteroatoms. The number of hydrogen-bond donors (Lipinski definition) is 10. The van der Waals surface area contributed by atoms with E-state index in [1.807, 2.05) is 52.5 Å². The normalized spacial score (nSPS) is 25.6. The van der Waals surface area contributed by atoms with Gasteiger partial charge in [-0.25, -0.2) is 39.9 Å². The number of fused-ring (bicyclic) bond motifs is 4. The number of aliphatic hydroxyl groups is 6. The third-order valence-electron chi connectivity index (χ3n) is 20.7. The third kappa shape index (κ3) is 19.8. The fraction of sp³-hybridized carbons (Fsp3) is 0.610. The van der Waals surface area contributed by atoms with Crippen LogP contribution in [-0.4, -0.2) is 215 Å². The minimum absolute atomic E-state index is 0.0847. The molecule has 0 bridgehead atoms. The van der Waals surface area contributed by atoms with Crippen molar-refractivity contribution >= 4 is 79.9 Å². The summed E-state index contributed by atoms with van der Waals surface area (Å²) in [6.45, 7) is 27.1. The molecule has 0 amide bonds. The van der Waals surface area contributed by atoms with Crippen LogP contribution in [0.4, 0.5) is 0 Å². The molecule has 0 aromatic carbocycles. The number of aliphatic hydroxyl groups excluding tert-OH is 6. The zero-order valence-corrected chi connectivity index (χ0v) is 64.6. The summed E-state index contributed by atoms with van der Waals surface area (Å²) in [5.74, 6) is -4.28. The van der Waals surface area contributed by atoms with E-state index in [2.05, 4.69) is 59.8 Å². The first-order chi connectivity index (χ1) is 51.7. The molecule has 8 heterocycles. The Morgan fingerprint density at radius 3 is 1.09 bits per heavy atom. The van der Waals surface area contributed by atoms with E-state index in [0.29, 0.717) is 32.1 Å². The van der Waals surface area contributed by atoms with Crippen LogP contribution in [0, 0.1) is 62.2 Å². The van der Waals surface area contributed by atoms with Crippen LogP contribution in [0.5, 0.6) is 0 Å². The van der Waals surface area contributed by atoms with E-state index in [4.69, 9.17) is 37.9 Å². The number of carbonyl (C=O) groups is 6. The second-order valence-electron chi connectivity index (χ2n) is 30.5. The minimum Gasteiger partial charge on any atom is -0.465 e. The van der Waals surface area contributed by atoms with Gasteiger partial charge in [-0.05, 0) is 102 Å². The molecule has 0 radical (unpaired) electrons. The van der Waals surface area contributed by atoms with Gasteiger partial charge in [0.2, 0.25) is 0 Å². The highest BCUT2D eigenvalue weighted by Crippen LogP contribution is 2.47. The van der Waals surface area contributed by atoms with E-state index in [1.165, 1.54) is 25.3 Å². The molecule has 0 saturated heterocycles. The van der Waals surface area contributed by atoms with E-state index in [-0.39, 0.29) is 130 Å². The number of esters is 6. The Hall–Kier alpha value is -9.02. The third-order valence-corrected chi connectivity index (χ3v) is 20.7. The van der Waals surface area contributed by atoms with E-state index >= 15 is 0 Å². The molecular weight excluding hydrogens is 1410 g/mol. The average Bonchev–Trinajstić information content (AvgIpc) is 1.64. The number of nitrogens with zero attached hydrogens (tertiary/aromatic N) is 8. The lowest BCUT2D eigenvalue weighted by Gasteiger charge is -2.26. The fourth-order valence-corrected chi connectivity index (χ4v) is 14.3. The van der Waals surface area contributed by atoms with Crippen molar-refractivity contribution in [3.63, 3.8) is 0 Å². The Morgan fingerprint density at radius 2 is 0.734 bits per heavy atom. The smallest absolute Gasteiger partial charge is 0.313 e. The van der Waals surface area contributed by atoms with E-state index in [1.54, 1.807) is 76.2 Å². The van der Waals surface area contributed by atoms with Crippen LogP contribution in [0.1, 0.15) is 196 Å². The van der Waals surface area contributed by atoms with Gasteiger partial charge in [-0.15, -0.1) is 0 Å². The largest absolute Gasteiger partial charge is 0.465 e. The van der Waals surface area contributed by atoms with E-state index in [0.717, 1.165) is 89.2 Å². The summed E-state index contributed by atoms with van der Waals surface area (Å²) in [6, 6.07) is 0. The molecule has 4 fully saturated rings. The number of rotatable bonds is 22. The second-order valence-corrected chi connectivity index (χ2v) is 30.5. The first-order valence-electron chi connectivity index (χ1n) is 37.2. The lowest BCUT2D eigenvalue weighted by atomic mass is 9.96. The van der Waals surface area contributed by atoms with Crippen LogP contribution in [0.2, 0.25) is 0 Å². The van der Waals surface area contributed by atoms with Crippen LogP contribution in [-0.2, 0) is 66.7 Å². The summed E-state index contributed by atoms with van der Waals surface area (Å²) in [4.78, 5) is 118. The Labute approximate surface area is 631 Å². The summed E-state index contributed by atoms with van der Waals surface area (Å²) < 4.78 is 43.4. The zero-order chi connectivity index (χ0) is 79.5. The number of aromatic amines is 4. The highest BCUT2D eigenvalue weighted by Gasteiger charge is 2.51. The van der Waals surface area contributed by atoms with Gasteiger partial charge < -0.3 is 88.5 Å². The Morgan fingerprint density at radius 1 is 0.413 bits per heavy atom. The molecule has 4 aliphatic carbocycles. The zero-order valence-electron chi connectivity index (χ0n) is 64.6. The Bertz CT molecular complexity index is 4430. The van der Waals surface area contributed by atoms with Gasteiger partial charge in [-0.2, -0.15) is 0 Å². The highest BCUT2D eigenvalue weighted by atomic mass is 16.7. The van der Waals surface area contributed by atoms with Crippen molar-refractivity contribution in [1.82, 2.24) is 59.8 Å². The van der Waals surface area contributed by atoms with Gasteiger partial charge in [-0.3, -0.25) is 28.8 Å². The second kappa shape index (κ2) is 36.7. The van der Waals surface area contributed by atoms with E-state index < -0.39 is 71.9 Å². The number of ether oxygens (including phenoxy) is 8. The predicted molar refractivity (Wildman–Crippen MR) is 394 cm³/mol. The first-order valence-corrected chi connectivity index (χ1v) is 37.2. The molecule has 10 N–H and O–H groups in total. The molecule has 1 unspecified atom stereocenters. The van der Waals surface area contributed by atoms with Crippen LogP contribution >= 0.6 is 0 Å². The van der Waals surface area contributed by atoms with Crippen molar-refractivity contribution in [2.75, 3.05) is 33.2 Å². The van der Waals surface area contributed by atoms with Crippen LogP contribution in [0.3, 0.4) is 0 Å². The maximum Gasteiger partial charge on any atom is 0.313 e. The summed E-state index contributed by atoms with van der Waals surface area (Å²) in [5, 5.41) is 62.7. The fourth-order valence-electron chi connectivity index (χ4n) is 14.3. The number of aromatic nitrogens is 12. The van der Waals surface area contributed by atoms with Gasteiger partial charge in [-0.1, -0.05) is 27.7 Å². The SMILES string of the molecule is CCC(=O)OC[C@H]1C[C@@H](c2c[nH]c3c(C)ncnc23)[C@H](O)[C@@H]1O.CCC(=O)OC[C@H]1C[C@@H](c2c[nH]c3c(C)ncnc23)[C@H](OC(=O)CC)[C@@H]1OC(=O)CC.Cc1ncnc2c([C@@H]3C[C@H](COC(C)OC(=O)C(C)(C)C)[C@@H](O)[C@H]3O)c[nH]c12.Cc1ncnc2c([C@@H]3C[C@H](COCOC(=O)C(C)(C)C)[C@@H](O)[C@H]3O)c[nH]c12. The van der Waals surface area contributed by atoms with Crippen molar-refractivity contribution in [3.8, 4) is 0 Å². The van der Waals surface area contributed by atoms with Crippen LogP contribution in [0.15, 0.2) is 50.1 Å². The van der Waals surface area contributed by atoms with Crippen molar-refractivity contribution in [2.45, 2.75) is 234 Å². The van der Waals surface area contributed by atoms with Gasteiger partial charge in [0, 0.05) is 120 Å². The molecule has 4 saturated carbocycles. The molecule has 17 atom stereocenters. The summed E-state index contributed by atoms with van der Waals surface area (Å²) in [5.41, 5.74) is 11.9.